The van der Waals surface area contributed by atoms with Crippen LogP contribution in [0, 0.1) is 8.34 Å². The van der Waals surface area contributed by atoms with Gasteiger partial charge < -0.3 is 4.57 Å². The van der Waals surface area contributed by atoms with Gasteiger partial charge in [-0.15, -0.1) is 0 Å². The van der Waals surface area contributed by atoms with Crippen molar-refractivity contribution in [3.8, 4) is 11.4 Å². The van der Waals surface area contributed by atoms with Gasteiger partial charge in [0.25, 0.3) is 0 Å². The zero-order chi connectivity index (χ0) is 11.5. The largest absolute Gasteiger partial charge is 0.300 e. The molecule has 0 aliphatic heterocycles. The average Bonchev–Trinajstić information content (AvgIpc) is 2.63. The highest BCUT2D eigenvalue weighted by Crippen LogP contribution is 2.18. The minimum atomic E-state index is 0.690. The maximum absolute atomic E-state index is 5.21. The highest BCUT2D eigenvalue weighted by molar-refractivity contribution is 14.1. The van der Waals surface area contributed by atoms with E-state index in [9.17, 15) is 0 Å². The van der Waals surface area contributed by atoms with E-state index in [2.05, 4.69) is 64.0 Å². The highest BCUT2D eigenvalue weighted by atomic mass is 127. The van der Waals surface area contributed by atoms with Crippen molar-refractivity contribution in [2.75, 3.05) is 0 Å². The smallest absolute Gasteiger partial charge is 0.195 e. The molecule has 0 saturated heterocycles. The number of rotatable bonds is 3. The standard InChI is InChI=1S/C11H12IN3S/c1-2-7-15-10(13-14-11(15)16)8-3-5-9(12)6-4-8/h3-6H,2,7H2,1H3,(H,14,16). The normalized spacial score (nSPS) is 10.6. The zero-order valence-electron chi connectivity index (χ0n) is 8.90. The molecule has 0 radical (unpaired) electrons. The Morgan fingerprint density at radius 3 is 2.69 bits per heavy atom. The first-order valence-corrected chi connectivity index (χ1v) is 6.62. The summed E-state index contributed by atoms with van der Waals surface area (Å²) in [5.41, 5.74) is 1.10. The molecule has 2 aromatic rings. The van der Waals surface area contributed by atoms with Crippen molar-refractivity contribution in [2.24, 2.45) is 0 Å². The molecule has 16 heavy (non-hydrogen) atoms. The van der Waals surface area contributed by atoms with Gasteiger partial charge in [0.2, 0.25) is 0 Å². The van der Waals surface area contributed by atoms with Crippen molar-refractivity contribution < 1.29 is 0 Å². The van der Waals surface area contributed by atoms with Crippen molar-refractivity contribution >= 4 is 34.8 Å². The van der Waals surface area contributed by atoms with Gasteiger partial charge in [0, 0.05) is 15.7 Å². The van der Waals surface area contributed by atoms with Crippen molar-refractivity contribution in [3.63, 3.8) is 0 Å². The summed E-state index contributed by atoms with van der Waals surface area (Å²) in [5, 5.41) is 7.13. The van der Waals surface area contributed by atoms with Gasteiger partial charge in [-0.2, -0.15) is 5.10 Å². The Bertz CT molecular complexity index is 527. The number of nitrogens with one attached hydrogen (secondary N) is 1. The van der Waals surface area contributed by atoms with E-state index < -0.39 is 0 Å². The van der Waals surface area contributed by atoms with Crippen LogP contribution in [0.15, 0.2) is 24.3 Å². The lowest BCUT2D eigenvalue weighted by atomic mass is 10.2. The zero-order valence-corrected chi connectivity index (χ0v) is 11.9. The fourth-order valence-electron chi connectivity index (χ4n) is 1.57. The third-order valence-electron chi connectivity index (χ3n) is 2.31. The van der Waals surface area contributed by atoms with E-state index in [-0.39, 0.29) is 0 Å². The summed E-state index contributed by atoms with van der Waals surface area (Å²) < 4.78 is 3.95. The van der Waals surface area contributed by atoms with Gasteiger partial charge in [0.1, 0.15) is 0 Å². The lowest BCUT2D eigenvalue weighted by Gasteiger charge is -2.04. The van der Waals surface area contributed by atoms with Crippen LogP contribution in [0.4, 0.5) is 0 Å². The minimum absolute atomic E-state index is 0.690. The van der Waals surface area contributed by atoms with Crippen LogP contribution >= 0.6 is 34.8 Å². The second-order valence-corrected chi connectivity index (χ2v) is 5.14. The van der Waals surface area contributed by atoms with Gasteiger partial charge in [-0.1, -0.05) is 19.1 Å². The lowest BCUT2D eigenvalue weighted by molar-refractivity contribution is 0.675. The van der Waals surface area contributed by atoms with Gasteiger partial charge in [-0.3, -0.25) is 5.10 Å². The van der Waals surface area contributed by atoms with Crippen molar-refractivity contribution in [3.05, 3.63) is 32.6 Å². The summed E-state index contributed by atoms with van der Waals surface area (Å²) in [5.74, 6) is 0.920. The third kappa shape index (κ3) is 2.35. The molecule has 0 spiro atoms. The van der Waals surface area contributed by atoms with Crippen LogP contribution in [-0.4, -0.2) is 14.8 Å². The monoisotopic (exact) mass is 345 g/mol. The average molecular weight is 345 g/mol. The molecule has 0 aliphatic rings. The van der Waals surface area contributed by atoms with Crippen LogP contribution in [0.1, 0.15) is 13.3 Å². The van der Waals surface area contributed by atoms with E-state index in [0.29, 0.717) is 4.77 Å². The molecule has 0 aliphatic carbocycles. The van der Waals surface area contributed by atoms with Crippen LogP contribution in [-0.2, 0) is 6.54 Å². The second kappa shape index (κ2) is 5.09. The van der Waals surface area contributed by atoms with Crippen molar-refractivity contribution in [1.29, 1.82) is 0 Å². The molecule has 1 N–H and O–H groups in total. The van der Waals surface area contributed by atoms with Gasteiger partial charge in [-0.05, 0) is 53.4 Å². The Kier molecular flexibility index (Phi) is 3.75. The molecule has 0 fully saturated rings. The second-order valence-electron chi connectivity index (χ2n) is 3.51. The number of benzene rings is 1. The van der Waals surface area contributed by atoms with E-state index >= 15 is 0 Å². The molecule has 0 unspecified atom stereocenters. The van der Waals surface area contributed by atoms with Crippen LogP contribution in [0.25, 0.3) is 11.4 Å². The van der Waals surface area contributed by atoms with E-state index in [4.69, 9.17) is 12.2 Å². The Morgan fingerprint density at radius 2 is 2.06 bits per heavy atom. The molecule has 84 valence electrons. The van der Waals surface area contributed by atoms with Crippen LogP contribution < -0.4 is 0 Å². The molecular weight excluding hydrogens is 333 g/mol. The van der Waals surface area contributed by atoms with E-state index in [1.54, 1.807) is 0 Å². The molecule has 1 aromatic carbocycles. The van der Waals surface area contributed by atoms with Gasteiger partial charge in [0.05, 0.1) is 0 Å². The predicted molar refractivity (Wildman–Crippen MR) is 75.9 cm³/mol. The molecule has 0 bridgehead atoms. The number of hydrogen-bond acceptors (Lipinski definition) is 2. The first-order chi connectivity index (χ1) is 7.72. The van der Waals surface area contributed by atoms with E-state index in [1.165, 1.54) is 3.57 Å². The fraction of sp³-hybridized carbons (Fsp3) is 0.273. The number of aromatic amines is 1. The molecule has 1 heterocycles. The Balaban J connectivity index is 2.47. The molecular formula is C11H12IN3S. The quantitative estimate of drug-likeness (QED) is 0.681. The van der Waals surface area contributed by atoms with Crippen LogP contribution in [0.3, 0.4) is 0 Å². The Labute approximate surface area is 113 Å². The molecule has 0 atom stereocenters. The Morgan fingerprint density at radius 1 is 1.38 bits per heavy atom. The van der Waals surface area contributed by atoms with Crippen molar-refractivity contribution in [2.45, 2.75) is 19.9 Å². The highest BCUT2D eigenvalue weighted by Gasteiger charge is 2.07. The van der Waals surface area contributed by atoms with E-state index in [1.807, 2.05) is 4.57 Å². The number of nitrogens with zero attached hydrogens (tertiary/aromatic N) is 2. The fourth-order valence-corrected chi connectivity index (χ4v) is 2.15. The SMILES string of the molecule is CCCn1c(-c2ccc(I)cc2)n[nH]c1=S. The molecule has 5 heteroatoms. The van der Waals surface area contributed by atoms with E-state index in [0.717, 1.165) is 24.4 Å². The molecule has 1 aromatic heterocycles. The summed E-state index contributed by atoms with van der Waals surface area (Å²) in [6.07, 6.45) is 1.05. The maximum atomic E-state index is 5.21. The maximum Gasteiger partial charge on any atom is 0.195 e. The lowest BCUT2D eigenvalue weighted by Crippen LogP contribution is -1.99. The number of halogens is 1. The minimum Gasteiger partial charge on any atom is -0.300 e. The summed E-state index contributed by atoms with van der Waals surface area (Å²) in [4.78, 5) is 0. The first-order valence-electron chi connectivity index (χ1n) is 5.13. The molecule has 3 nitrogen and oxygen atoms in total. The summed E-state index contributed by atoms with van der Waals surface area (Å²) in [6.45, 7) is 3.03. The number of hydrogen-bond donors (Lipinski definition) is 1. The molecule has 2 rings (SSSR count). The van der Waals surface area contributed by atoms with Gasteiger partial charge in [-0.25, -0.2) is 0 Å². The topological polar surface area (TPSA) is 33.6 Å². The molecule has 0 saturated carbocycles. The van der Waals surface area contributed by atoms with Crippen LogP contribution in [0.5, 0.6) is 0 Å². The van der Waals surface area contributed by atoms with Gasteiger partial charge >= 0.3 is 0 Å². The summed E-state index contributed by atoms with van der Waals surface area (Å²) in [7, 11) is 0. The molecule has 0 amide bonds. The predicted octanol–water partition coefficient (Wildman–Crippen LogP) is 3.62. The van der Waals surface area contributed by atoms with Crippen LogP contribution in [0.2, 0.25) is 0 Å². The Hall–Kier alpha value is -0.690. The number of H-pyrrole nitrogens is 1. The van der Waals surface area contributed by atoms with Gasteiger partial charge in [0.15, 0.2) is 10.6 Å². The third-order valence-corrected chi connectivity index (χ3v) is 3.34. The van der Waals surface area contributed by atoms with Crippen molar-refractivity contribution in [1.82, 2.24) is 14.8 Å². The summed E-state index contributed by atoms with van der Waals surface area (Å²) >= 11 is 7.50. The first kappa shape index (κ1) is 11.8. The number of aromatic nitrogens is 3. The summed E-state index contributed by atoms with van der Waals surface area (Å²) in [6, 6.07) is 8.28.